The van der Waals surface area contributed by atoms with E-state index in [1.807, 2.05) is 0 Å². The third-order valence-corrected chi connectivity index (χ3v) is 6.55. The molecule has 2 N–H and O–H groups in total. The normalized spacial score (nSPS) is 11.3. The van der Waals surface area contributed by atoms with Crippen LogP contribution in [0.15, 0.2) is 0 Å². The van der Waals surface area contributed by atoms with Gasteiger partial charge in [0.15, 0.2) is 0 Å². The van der Waals surface area contributed by atoms with E-state index in [2.05, 4.69) is 11.8 Å². The van der Waals surface area contributed by atoms with Crippen LogP contribution in [0.1, 0.15) is 128 Å². The fourth-order valence-corrected chi connectivity index (χ4v) is 4.58. The van der Waals surface area contributed by atoms with Crippen LogP contribution < -0.4 is 0 Å². The Labute approximate surface area is 175 Å². The first-order valence-electron chi connectivity index (χ1n) is 12.2. The first-order chi connectivity index (χ1) is 13.4. The monoisotopic (exact) mass is 402 g/mol. The van der Waals surface area contributed by atoms with E-state index in [1.165, 1.54) is 127 Å². The van der Waals surface area contributed by atoms with Crippen molar-refractivity contribution in [1.29, 1.82) is 0 Å². The topological polar surface area (TPSA) is 40.5 Å². The third kappa shape index (κ3) is 26.3. The molecule has 0 aromatic rings. The van der Waals surface area contributed by atoms with E-state index in [9.17, 15) is 0 Å². The minimum absolute atomic E-state index is 0.366. The lowest BCUT2D eigenvalue weighted by molar-refractivity contribution is 0.282. The molecule has 2 nitrogen and oxygen atoms in total. The average Bonchev–Trinajstić information content (AvgIpc) is 2.68. The van der Waals surface area contributed by atoms with Crippen LogP contribution in [-0.2, 0) is 0 Å². The van der Waals surface area contributed by atoms with Crippen LogP contribution >= 0.6 is 11.8 Å². The van der Waals surface area contributed by atoms with E-state index < -0.39 is 0 Å². The van der Waals surface area contributed by atoms with Crippen molar-refractivity contribution in [3.8, 4) is 0 Å². The molecule has 164 valence electrons. The Morgan fingerprint density at radius 3 is 0.778 bits per heavy atom. The summed E-state index contributed by atoms with van der Waals surface area (Å²) >= 11 is 2.17. The van der Waals surface area contributed by atoms with Gasteiger partial charge in [0.2, 0.25) is 0 Å². The Hall–Kier alpha value is 0.270. The lowest BCUT2D eigenvalue weighted by atomic mass is 10.1. The van der Waals surface area contributed by atoms with Gasteiger partial charge in [-0.05, 0) is 37.2 Å². The number of aliphatic hydroxyl groups excluding tert-OH is 2. The van der Waals surface area contributed by atoms with Crippen LogP contribution in [-0.4, -0.2) is 34.9 Å². The standard InChI is InChI=1S/C24H50O2S/c25-21-17-13-9-5-1-3-7-11-15-19-23-27-24-20-16-12-8-4-2-6-10-14-18-22-26/h25-26H,1-24H2. The largest absolute Gasteiger partial charge is 0.396 e. The average molecular weight is 403 g/mol. The molecule has 27 heavy (non-hydrogen) atoms. The summed E-state index contributed by atoms with van der Waals surface area (Å²) in [5.41, 5.74) is 0. The second-order valence-corrected chi connectivity index (χ2v) is 9.36. The van der Waals surface area contributed by atoms with Gasteiger partial charge in [0.05, 0.1) is 0 Å². The summed E-state index contributed by atoms with van der Waals surface area (Å²) in [4.78, 5) is 0. The van der Waals surface area contributed by atoms with Crippen LogP contribution in [0.2, 0.25) is 0 Å². The van der Waals surface area contributed by atoms with Crippen LogP contribution in [0, 0.1) is 0 Å². The molecule has 0 heterocycles. The summed E-state index contributed by atoms with van der Waals surface area (Å²) in [5.74, 6) is 2.74. The summed E-state index contributed by atoms with van der Waals surface area (Å²) in [6.45, 7) is 0.733. The van der Waals surface area contributed by atoms with Crippen molar-refractivity contribution in [1.82, 2.24) is 0 Å². The zero-order chi connectivity index (χ0) is 19.7. The van der Waals surface area contributed by atoms with Gasteiger partial charge in [-0.15, -0.1) is 0 Å². The SMILES string of the molecule is OCCCCCCCCCCCCSCCCCCCCCCCCCO. The highest BCUT2D eigenvalue weighted by molar-refractivity contribution is 7.99. The molecule has 0 aliphatic carbocycles. The summed E-state index contributed by atoms with van der Waals surface area (Å²) in [6.07, 6.45) is 26.7. The molecular formula is C24H50O2S. The Balaban J connectivity index is 2.95. The first-order valence-corrected chi connectivity index (χ1v) is 13.4. The predicted octanol–water partition coefficient (Wildman–Crippen LogP) is 7.51. The lowest BCUT2D eigenvalue weighted by Gasteiger charge is -2.04. The molecule has 0 aromatic carbocycles. The van der Waals surface area contributed by atoms with Gasteiger partial charge in [-0.2, -0.15) is 11.8 Å². The smallest absolute Gasteiger partial charge is 0.0431 e. The second-order valence-electron chi connectivity index (χ2n) is 8.13. The highest BCUT2D eigenvalue weighted by Crippen LogP contribution is 2.15. The number of thioether (sulfide) groups is 1. The van der Waals surface area contributed by atoms with Crippen molar-refractivity contribution in [3.63, 3.8) is 0 Å². The molecule has 0 bridgehead atoms. The summed E-state index contributed by atoms with van der Waals surface area (Å²) in [5, 5.41) is 17.5. The Bertz CT molecular complexity index is 225. The van der Waals surface area contributed by atoms with E-state index >= 15 is 0 Å². The fourth-order valence-electron chi connectivity index (χ4n) is 3.56. The quantitative estimate of drug-likeness (QED) is 0.164. The highest BCUT2D eigenvalue weighted by atomic mass is 32.2. The number of hydrogen-bond acceptors (Lipinski definition) is 3. The Kier molecular flexibility index (Phi) is 26.5. The van der Waals surface area contributed by atoms with Gasteiger partial charge >= 0.3 is 0 Å². The summed E-state index contributed by atoms with van der Waals surface area (Å²) in [7, 11) is 0. The van der Waals surface area contributed by atoms with Crippen molar-refractivity contribution in [2.24, 2.45) is 0 Å². The van der Waals surface area contributed by atoms with E-state index in [0.29, 0.717) is 13.2 Å². The van der Waals surface area contributed by atoms with Crippen LogP contribution in [0.3, 0.4) is 0 Å². The number of hydrogen-bond donors (Lipinski definition) is 2. The van der Waals surface area contributed by atoms with Gasteiger partial charge in [0, 0.05) is 13.2 Å². The maximum absolute atomic E-state index is 8.73. The number of unbranched alkanes of at least 4 members (excludes halogenated alkanes) is 18. The number of aliphatic hydroxyl groups is 2. The van der Waals surface area contributed by atoms with Gasteiger partial charge in [-0.1, -0.05) is 103 Å². The van der Waals surface area contributed by atoms with E-state index in [-0.39, 0.29) is 0 Å². The highest BCUT2D eigenvalue weighted by Gasteiger charge is 1.96. The molecule has 3 heteroatoms. The van der Waals surface area contributed by atoms with Crippen molar-refractivity contribution in [3.05, 3.63) is 0 Å². The maximum atomic E-state index is 8.73. The molecule has 0 aromatic heterocycles. The molecule has 0 aliphatic heterocycles. The lowest BCUT2D eigenvalue weighted by Crippen LogP contribution is -1.87. The third-order valence-electron chi connectivity index (χ3n) is 5.39. The molecule has 0 unspecified atom stereocenters. The Morgan fingerprint density at radius 1 is 0.296 bits per heavy atom. The van der Waals surface area contributed by atoms with E-state index in [0.717, 1.165) is 12.8 Å². The molecule has 0 atom stereocenters. The number of rotatable bonds is 24. The minimum Gasteiger partial charge on any atom is -0.396 e. The van der Waals surface area contributed by atoms with Crippen LogP contribution in [0.25, 0.3) is 0 Å². The first kappa shape index (κ1) is 27.3. The van der Waals surface area contributed by atoms with Crippen LogP contribution in [0.4, 0.5) is 0 Å². The molecule has 0 amide bonds. The predicted molar refractivity (Wildman–Crippen MR) is 124 cm³/mol. The van der Waals surface area contributed by atoms with Gasteiger partial charge < -0.3 is 10.2 Å². The van der Waals surface area contributed by atoms with E-state index in [4.69, 9.17) is 10.2 Å². The zero-order valence-electron chi connectivity index (χ0n) is 18.3. The maximum Gasteiger partial charge on any atom is 0.0431 e. The van der Waals surface area contributed by atoms with Crippen molar-refractivity contribution in [2.75, 3.05) is 24.7 Å². The zero-order valence-corrected chi connectivity index (χ0v) is 19.1. The molecule has 0 aliphatic rings. The van der Waals surface area contributed by atoms with Gasteiger partial charge in [0.1, 0.15) is 0 Å². The minimum atomic E-state index is 0.366. The van der Waals surface area contributed by atoms with E-state index in [1.54, 1.807) is 0 Å². The van der Waals surface area contributed by atoms with Gasteiger partial charge in [-0.3, -0.25) is 0 Å². The summed E-state index contributed by atoms with van der Waals surface area (Å²) < 4.78 is 0. The van der Waals surface area contributed by atoms with Crippen LogP contribution in [0.5, 0.6) is 0 Å². The molecule has 0 rings (SSSR count). The molecule has 0 radical (unpaired) electrons. The van der Waals surface area contributed by atoms with Crippen molar-refractivity contribution in [2.45, 2.75) is 128 Å². The van der Waals surface area contributed by atoms with Crippen molar-refractivity contribution < 1.29 is 10.2 Å². The molecule has 0 fully saturated rings. The van der Waals surface area contributed by atoms with Crippen molar-refractivity contribution >= 4 is 11.8 Å². The summed E-state index contributed by atoms with van der Waals surface area (Å²) in [6, 6.07) is 0. The van der Waals surface area contributed by atoms with Gasteiger partial charge in [0.25, 0.3) is 0 Å². The second kappa shape index (κ2) is 26.3. The molecule has 0 spiro atoms. The van der Waals surface area contributed by atoms with Gasteiger partial charge in [-0.25, -0.2) is 0 Å². The molecular weight excluding hydrogens is 352 g/mol. The Morgan fingerprint density at radius 2 is 0.519 bits per heavy atom. The molecule has 0 saturated heterocycles. The fraction of sp³-hybridized carbons (Fsp3) is 1.00. The molecule has 0 saturated carbocycles.